The van der Waals surface area contributed by atoms with Crippen molar-refractivity contribution in [1.29, 1.82) is 0 Å². The Bertz CT molecular complexity index is 818. The lowest BCUT2D eigenvalue weighted by Gasteiger charge is -2.32. The van der Waals surface area contributed by atoms with Crippen LogP contribution < -0.4 is 10.2 Å². The average Bonchev–Trinajstić information content (AvgIpc) is 3.26. The van der Waals surface area contributed by atoms with Crippen molar-refractivity contribution in [3.63, 3.8) is 0 Å². The van der Waals surface area contributed by atoms with Crippen molar-refractivity contribution in [3.8, 4) is 11.3 Å². The molecule has 1 aromatic carbocycles. The number of amides is 1. The Morgan fingerprint density at radius 3 is 2.82 bits per heavy atom. The summed E-state index contributed by atoms with van der Waals surface area (Å²) in [6, 6.07) is 8.27. The number of anilines is 1. The van der Waals surface area contributed by atoms with Crippen molar-refractivity contribution < 1.29 is 13.9 Å². The molecule has 148 valence electrons. The van der Waals surface area contributed by atoms with Crippen LogP contribution in [0.15, 0.2) is 36.7 Å². The van der Waals surface area contributed by atoms with Crippen molar-refractivity contribution in [3.05, 3.63) is 42.5 Å². The SMILES string of the molecule is O=C(NC[C@@H]1CCCO1)C1CCN(c2cc(-c3cccc(F)c3)ncn2)CC1. The second kappa shape index (κ2) is 8.65. The Kier molecular flexibility index (Phi) is 5.81. The maximum Gasteiger partial charge on any atom is 0.223 e. The fourth-order valence-electron chi connectivity index (χ4n) is 3.86. The zero-order valence-corrected chi connectivity index (χ0v) is 15.8. The molecule has 1 aromatic heterocycles. The highest BCUT2D eigenvalue weighted by Crippen LogP contribution is 2.25. The van der Waals surface area contributed by atoms with E-state index in [0.29, 0.717) is 12.2 Å². The number of hydrogen-bond donors (Lipinski definition) is 1. The maximum atomic E-state index is 13.5. The molecule has 0 unspecified atom stereocenters. The zero-order valence-electron chi connectivity index (χ0n) is 15.8. The van der Waals surface area contributed by atoms with Gasteiger partial charge in [0.05, 0.1) is 11.8 Å². The van der Waals surface area contributed by atoms with Gasteiger partial charge in [-0.3, -0.25) is 4.79 Å². The van der Waals surface area contributed by atoms with E-state index in [1.54, 1.807) is 6.07 Å². The number of carbonyl (C=O) groups excluding carboxylic acids is 1. The van der Waals surface area contributed by atoms with Gasteiger partial charge in [-0.05, 0) is 37.8 Å². The van der Waals surface area contributed by atoms with E-state index in [1.807, 2.05) is 12.1 Å². The topological polar surface area (TPSA) is 67.3 Å². The summed E-state index contributed by atoms with van der Waals surface area (Å²) in [5.74, 6) is 0.681. The molecule has 1 amide bonds. The molecule has 2 fully saturated rings. The molecule has 2 saturated heterocycles. The van der Waals surface area contributed by atoms with Crippen molar-refractivity contribution in [2.24, 2.45) is 5.92 Å². The summed E-state index contributed by atoms with van der Waals surface area (Å²) in [4.78, 5) is 23.2. The standard InChI is InChI=1S/C21H25FN4O2/c22-17-4-1-3-16(11-17)19-12-20(25-14-24-19)26-8-6-15(7-9-26)21(27)23-13-18-5-2-10-28-18/h1,3-4,11-12,14-15,18H,2,5-10,13H2,(H,23,27)/t18-/m0/s1. The Labute approximate surface area is 164 Å². The first-order valence-electron chi connectivity index (χ1n) is 9.91. The number of ether oxygens (including phenoxy) is 1. The highest BCUT2D eigenvalue weighted by atomic mass is 19.1. The zero-order chi connectivity index (χ0) is 19.3. The predicted octanol–water partition coefficient (Wildman–Crippen LogP) is 2.79. The van der Waals surface area contributed by atoms with Gasteiger partial charge in [0.1, 0.15) is 18.0 Å². The van der Waals surface area contributed by atoms with Gasteiger partial charge in [-0.1, -0.05) is 12.1 Å². The molecule has 28 heavy (non-hydrogen) atoms. The quantitative estimate of drug-likeness (QED) is 0.859. The number of nitrogens with zero attached hydrogens (tertiary/aromatic N) is 3. The Balaban J connectivity index is 1.33. The second-order valence-corrected chi connectivity index (χ2v) is 7.41. The monoisotopic (exact) mass is 384 g/mol. The summed E-state index contributed by atoms with van der Waals surface area (Å²) in [7, 11) is 0. The normalized spacial score (nSPS) is 20.3. The number of hydrogen-bond acceptors (Lipinski definition) is 5. The van der Waals surface area contributed by atoms with Gasteiger partial charge in [0.15, 0.2) is 0 Å². The molecule has 6 nitrogen and oxygen atoms in total. The van der Waals surface area contributed by atoms with Gasteiger partial charge in [-0.15, -0.1) is 0 Å². The summed E-state index contributed by atoms with van der Waals surface area (Å²) < 4.78 is 19.0. The number of carbonyl (C=O) groups is 1. The first-order chi connectivity index (χ1) is 13.7. The molecule has 0 aliphatic carbocycles. The third-order valence-electron chi connectivity index (χ3n) is 5.49. The number of benzene rings is 1. The van der Waals surface area contributed by atoms with Crippen molar-refractivity contribution in [1.82, 2.24) is 15.3 Å². The molecule has 3 heterocycles. The predicted molar refractivity (Wildman–Crippen MR) is 104 cm³/mol. The number of halogens is 1. The van der Waals surface area contributed by atoms with Gasteiger partial charge in [-0.2, -0.15) is 0 Å². The summed E-state index contributed by atoms with van der Waals surface area (Å²) in [5.41, 5.74) is 1.42. The molecule has 0 saturated carbocycles. The van der Waals surface area contributed by atoms with E-state index in [4.69, 9.17) is 4.74 Å². The fourth-order valence-corrected chi connectivity index (χ4v) is 3.86. The van der Waals surface area contributed by atoms with Crippen LogP contribution in [0.2, 0.25) is 0 Å². The highest BCUT2D eigenvalue weighted by Gasteiger charge is 2.26. The van der Waals surface area contributed by atoms with Crippen LogP contribution in [-0.4, -0.2) is 48.2 Å². The van der Waals surface area contributed by atoms with Crippen LogP contribution in [0.25, 0.3) is 11.3 Å². The lowest BCUT2D eigenvalue weighted by molar-refractivity contribution is -0.126. The maximum absolute atomic E-state index is 13.5. The molecule has 2 aromatic rings. The van der Waals surface area contributed by atoms with Gasteiger partial charge in [-0.25, -0.2) is 14.4 Å². The molecule has 7 heteroatoms. The number of nitrogens with one attached hydrogen (secondary N) is 1. The van der Waals surface area contributed by atoms with Gasteiger partial charge >= 0.3 is 0 Å². The third kappa shape index (κ3) is 4.47. The summed E-state index contributed by atoms with van der Waals surface area (Å²) in [5, 5.41) is 3.04. The fraction of sp³-hybridized carbons (Fsp3) is 0.476. The van der Waals surface area contributed by atoms with Gasteiger partial charge in [0.25, 0.3) is 0 Å². The van der Waals surface area contributed by atoms with Crippen LogP contribution in [0.3, 0.4) is 0 Å². The molecular formula is C21H25FN4O2. The molecule has 2 aliphatic rings. The van der Waals surface area contributed by atoms with Crippen LogP contribution >= 0.6 is 0 Å². The van der Waals surface area contributed by atoms with Crippen molar-refractivity contribution in [2.45, 2.75) is 31.8 Å². The first-order valence-corrected chi connectivity index (χ1v) is 9.91. The number of aromatic nitrogens is 2. The molecule has 0 spiro atoms. The van der Waals surface area contributed by atoms with E-state index in [9.17, 15) is 9.18 Å². The largest absolute Gasteiger partial charge is 0.376 e. The van der Waals surface area contributed by atoms with E-state index in [0.717, 1.165) is 56.8 Å². The lowest BCUT2D eigenvalue weighted by atomic mass is 9.95. The van der Waals surface area contributed by atoms with Gasteiger partial charge < -0.3 is 15.0 Å². The molecular weight excluding hydrogens is 359 g/mol. The minimum atomic E-state index is -0.285. The van der Waals surface area contributed by atoms with E-state index in [2.05, 4.69) is 20.2 Å². The minimum Gasteiger partial charge on any atom is -0.376 e. The van der Waals surface area contributed by atoms with Crippen LogP contribution in [0.1, 0.15) is 25.7 Å². The van der Waals surface area contributed by atoms with Crippen LogP contribution in [0.5, 0.6) is 0 Å². The lowest BCUT2D eigenvalue weighted by Crippen LogP contribution is -2.42. The van der Waals surface area contributed by atoms with E-state index in [1.165, 1.54) is 18.5 Å². The molecule has 4 rings (SSSR count). The van der Waals surface area contributed by atoms with E-state index in [-0.39, 0.29) is 23.7 Å². The van der Waals surface area contributed by atoms with Crippen molar-refractivity contribution in [2.75, 3.05) is 31.1 Å². The molecule has 1 atom stereocenters. The summed E-state index contributed by atoms with van der Waals surface area (Å²) in [6.45, 7) is 2.94. The average molecular weight is 384 g/mol. The van der Waals surface area contributed by atoms with Crippen LogP contribution in [0.4, 0.5) is 10.2 Å². The minimum absolute atomic E-state index is 0.0298. The smallest absolute Gasteiger partial charge is 0.223 e. The van der Waals surface area contributed by atoms with Crippen molar-refractivity contribution >= 4 is 11.7 Å². The summed E-state index contributed by atoms with van der Waals surface area (Å²) >= 11 is 0. The second-order valence-electron chi connectivity index (χ2n) is 7.41. The summed E-state index contributed by atoms with van der Waals surface area (Å²) in [6.07, 6.45) is 5.37. The molecule has 0 bridgehead atoms. The highest BCUT2D eigenvalue weighted by molar-refractivity contribution is 5.79. The number of rotatable bonds is 5. The third-order valence-corrected chi connectivity index (χ3v) is 5.49. The van der Waals surface area contributed by atoms with E-state index < -0.39 is 0 Å². The first kappa shape index (κ1) is 18.8. The van der Waals surface area contributed by atoms with Crippen LogP contribution in [0, 0.1) is 11.7 Å². The van der Waals surface area contributed by atoms with Gasteiger partial charge in [0.2, 0.25) is 5.91 Å². The molecule has 2 aliphatic heterocycles. The van der Waals surface area contributed by atoms with Crippen LogP contribution in [-0.2, 0) is 9.53 Å². The number of piperidine rings is 1. The Morgan fingerprint density at radius 1 is 1.21 bits per heavy atom. The Morgan fingerprint density at radius 2 is 2.07 bits per heavy atom. The molecule has 1 N–H and O–H groups in total. The Hall–Kier alpha value is -2.54. The van der Waals surface area contributed by atoms with E-state index >= 15 is 0 Å². The van der Waals surface area contributed by atoms with Gasteiger partial charge in [0, 0.05) is 43.8 Å². The molecule has 0 radical (unpaired) electrons.